The third-order valence-electron chi connectivity index (χ3n) is 4.12. The van der Waals surface area contributed by atoms with Crippen molar-refractivity contribution in [3.63, 3.8) is 0 Å². The Kier molecular flexibility index (Phi) is 2.39. The minimum Gasteiger partial charge on any atom is -0.324 e. The molecule has 14 heavy (non-hydrogen) atoms. The van der Waals surface area contributed by atoms with Gasteiger partial charge >= 0.3 is 0 Å². The highest BCUT2D eigenvalue weighted by Crippen LogP contribution is 2.51. The van der Waals surface area contributed by atoms with Crippen molar-refractivity contribution in [3.8, 4) is 0 Å². The second-order valence-electron chi connectivity index (χ2n) is 6.30. The first-order chi connectivity index (χ1) is 6.42. The number of hydrogen-bond acceptors (Lipinski definition) is 2. The summed E-state index contributed by atoms with van der Waals surface area (Å²) in [6.07, 6.45) is 4.05. The molecule has 0 bridgehead atoms. The van der Waals surface area contributed by atoms with E-state index in [-0.39, 0.29) is 5.54 Å². The first kappa shape index (κ1) is 10.4. The molecule has 0 aromatic carbocycles. The molecule has 0 aliphatic heterocycles. The van der Waals surface area contributed by atoms with Gasteiger partial charge in [-0.05, 0) is 50.0 Å². The van der Waals surface area contributed by atoms with E-state index >= 15 is 0 Å². The molecule has 2 aliphatic rings. The van der Waals surface area contributed by atoms with Crippen LogP contribution in [0, 0.1) is 17.3 Å². The molecule has 0 radical (unpaired) electrons. The fourth-order valence-corrected chi connectivity index (χ4v) is 2.33. The molecule has 82 valence electrons. The van der Waals surface area contributed by atoms with Gasteiger partial charge in [-0.2, -0.15) is 0 Å². The molecule has 2 saturated carbocycles. The monoisotopic (exact) mass is 196 g/mol. The normalized spacial score (nSPS) is 33.9. The highest BCUT2D eigenvalue weighted by Gasteiger charge is 2.45. The Morgan fingerprint density at radius 1 is 1.43 bits per heavy atom. The maximum Gasteiger partial charge on any atom is 0.0280 e. The molecule has 0 saturated heterocycles. The van der Waals surface area contributed by atoms with Crippen molar-refractivity contribution in [2.24, 2.45) is 23.0 Å². The Morgan fingerprint density at radius 2 is 2.00 bits per heavy atom. The van der Waals surface area contributed by atoms with Gasteiger partial charge in [-0.25, -0.2) is 0 Å². The van der Waals surface area contributed by atoms with Crippen LogP contribution < -0.4 is 11.1 Å². The molecule has 0 amide bonds. The zero-order chi connectivity index (χ0) is 10.4. The zero-order valence-electron chi connectivity index (χ0n) is 9.77. The Labute approximate surface area is 87.6 Å². The third-order valence-corrected chi connectivity index (χ3v) is 4.12. The van der Waals surface area contributed by atoms with Gasteiger partial charge in [0, 0.05) is 12.1 Å². The minimum absolute atomic E-state index is 0.0407. The Hall–Kier alpha value is -0.0800. The fourth-order valence-electron chi connectivity index (χ4n) is 2.33. The SMILES string of the molecule is CC1(C)CC1CNCC(C)(N)C1CC1. The van der Waals surface area contributed by atoms with E-state index in [1.54, 1.807) is 0 Å². The van der Waals surface area contributed by atoms with E-state index in [9.17, 15) is 0 Å². The summed E-state index contributed by atoms with van der Waals surface area (Å²) < 4.78 is 0. The van der Waals surface area contributed by atoms with Crippen molar-refractivity contribution in [2.45, 2.75) is 45.6 Å². The Bertz CT molecular complexity index is 216. The summed E-state index contributed by atoms with van der Waals surface area (Å²) in [7, 11) is 0. The van der Waals surface area contributed by atoms with Crippen LogP contribution in [0.5, 0.6) is 0 Å². The number of hydrogen-bond donors (Lipinski definition) is 2. The number of nitrogens with one attached hydrogen (secondary N) is 1. The van der Waals surface area contributed by atoms with E-state index in [2.05, 4.69) is 26.1 Å². The molecule has 2 atom stereocenters. The minimum atomic E-state index is 0.0407. The molecule has 2 unspecified atom stereocenters. The topological polar surface area (TPSA) is 38.0 Å². The number of rotatable bonds is 5. The van der Waals surface area contributed by atoms with E-state index in [4.69, 9.17) is 5.73 Å². The molecule has 2 fully saturated rings. The molecular weight excluding hydrogens is 172 g/mol. The van der Waals surface area contributed by atoms with Crippen molar-refractivity contribution in [2.75, 3.05) is 13.1 Å². The first-order valence-electron chi connectivity index (χ1n) is 5.91. The molecule has 3 N–H and O–H groups in total. The van der Waals surface area contributed by atoms with Crippen LogP contribution in [-0.4, -0.2) is 18.6 Å². The smallest absolute Gasteiger partial charge is 0.0280 e. The van der Waals surface area contributed by atoms with E-state index in [1.807, 2.05) is 0 Å². The summed E-state index contributed by atoms with van der Waals surface area (Å²) in [6.45, 7) is 9.04. The predicted octanol–water partition coefficient (Wildman–Crippen LogP) is 1.75. The lowest BCUT2D eigenvalue weighted by molar-refractivity contribution is 0.371. The molecule has 0 heterocycles. The van der Waals surface area contributed by atoms with Gasteiger partial charge in [0.25, 0.3) is 0 Å². The number of nitrogens with two attached hydrogens (primary N) is 1. The largest absolute Gasteiger partial charge is 0.324 e. The quantitative estimate of drug-likeness (QED) is 0.703. The van der Waals surface area contributed by atoms with Crippen LogP contribution in [0.2, 0.25) is 0 Å². The van der Waals surface area contributed by atoms with E-state index in [0.717, 1.165) is 24.9 Å². The maximum atomic E-state index is 6.23. The Balaban J connectivity index is 1.63. The van der Waals surface area contributed by atoms with Crippen LogP contribution in [0.25, 0.3) is 0 Å². The van der Waals surface area contributed by atoms with Gasteiger partial charge in [-0.15, -0.1) is 0 Å². The average molecular weight is 196 g/mol. The average Bonchev–Trinajstić information content (AvgIpc) is 2.87. The molecule has 2 nitrogen and oxygen atoms in total. The van der Waals surface area contributed by atoms with Crippen LogP contribution in [-0.2, 0) is 0 Å². The maximum absolute atomic E-state index is 6.23. The second-order valence-corrected chi connectivity index (χ2v) is 6.30. The van der Waals surface area contributed by atoms with Gasteiger partial charge in [-0.3, -0.25) is 0 Å². The third kappa shape index (κ3) is 2.29. The van der Waals surface area contributed by atoms with Gasteiger partial charge in [0.05, 0.1) is 0 Å². The summed E-state index contributed by atoms with van der Waals surface area (Å²) in [5, 5.41) is 3.54. The molecule has 2 heteroatoms. The molecule has 2 aliphatic carbocycles. The summed E-state index contributed by atoms with van der Waals surface area (Å²) >= 11 is 0. The predicted molar refractivity (Wildman–Crippen MR) is 60.1 cm³/mol. The van der Waals surface area contributed by atoms with Gasteiger partial charge < -0.3 is 11.1 Å². The molecule has 0 aromatic heterocycles. The summed E-state index contributed by atoms with van der Waals surface area (Å²) in [4.78, 5) is 0. The Morgan fingerprint density at radius 3 is 2.43 bits per heavy atom. The van der Waals surface area contributed by atoms with Crippen molar-refractivity contribution in [1.29, 1.82) is 0 Å². The van der Waals surface area contributed by atoms with Gasteiger partial charge in [0.15, 0.2) is 0 Å². The summed E-state index contributed by atoms with van der Waals surface area (Å²) in [5.74, 6) is 1.67. The fraction of sp³-hybridized carbons (Fsp3) is 1.00. The van der Waals surface area contributed by atoms with Crippen LogP contribution in [0.15, 0.2) is 0 Å². The van der Waals surface area contributed by atoms with E-state index in [0.29, 0.717) is 5.41 Å². The standard InChI is InChI=1S/C12H24N2/c1-11(2)6-10(11)7-14-8-12(3,13)9-4-5-9/h9-10,14H,4-8,13H2,1-3H3. The second kappa shape index (κ2) is 3.21. The van der Waals surface area contributed by atoms with Gasteiger partial charge in [-0.1, -0.05) is 13.8 Å². The zero-order valence-corrected chi connectivity index (χ0v) is 9.77. The molecule has 0 spiro atoms. The van der Waals surface area contributed by atoms with Gasteiger partial charge in [0.1, 0.15) is 0 Å². The molecule has 2 rings (SSSR count). The van der Waals surface area contributed by atoms with Crippen molar-refractivity contribution in [1.82, 2.24) is 5.32 Å². The molecule has 0 aromatic rings. The van der Waals surface area contributed by atoms with Crippen molar-refractivity contribution >= 4 is 0 Å². The molecular formula is C12H24N2. The van der Waals surface area contributed by atoms with Crippen LogP contribution in [0.4, 0.5) is 0 Å². The highest BCUT2D eigenvalue weighted by atomic mass is 15.0. The van der Waals surface area contributed by atoms with Crippen LogP contribution in [0.1, 0.15) is 40.0 Å². The summed E-state index contributed by atoms with van der Waals surface area (Å²) in [5.41, 5.74) is 6.87. The van der Waals surface area contributed by atoms with Crippen molar-refractivity contribution < 1.29 is 0 Å². The van der Waals surface area contributed by atoms with E-state index in [1.165, 1.54) is 19.3 Å². The van der Waals surface area contributed by atoms with Gasteiger partial charge in [0.2, 0.25) is 0 Å². The first-order valence-corrected chi connectivity index (χ1v) is 5.91. The lowest BCUT2D eigenvalue weighted by atomic mass is 9.97. The van der Waals surface area contributed by atoms with E-state index < -0.39 is 0 Å². The summed E-state index contributed by atoms with van der Waals surface area (Å²) in [6, 6.07) is 0. The highest BCUT2D eigenvalue weighted by molar-refractivity contribution is 4.99. The lowest BCUT2D eigenvalue weighted by Gasteiger charge is -2.25. The van der Waals surface area contributed by atoms with Crippen LogP contribution >= 0.6 is 0 Å². The van der Waals surface area contributed by atoms with Crippen molar-refractivity contribution in [3.05, 3.63) is 0 Å². The lowest BCUT2D eigenvalue weighted by Crippen LogP contribution is -2.48. The van der Waals surface area contributed by atoms with Crippen LogP contribution in [0.3, 0.4) is 0 Å².